The number of benzene rings is 1. The van der Waals surface area contributed by atoms with Crippen LogP contribution in [0.5, 0.6) is 0 Å². The van der Waals surface area contributed by atoms with Gasteiger partial charge >= 0.3 is 0 Å². The van der Waals surface area contributed by atoms with Crippen molar-refractivity contribution in [1.29, 1.82) is 0 Å². The van der Waals surface area contributed by atoms with Crippen molar-refractivity contribution in [2.24, 2.45) is 0 Å². The maximum atomic E-state index is 12.3. The fourth-order valence-corrected chi connectivity index (χ4v) is 4.58. The molecule has 0 radical (unpaired) electrons. The van der Waals surface area contributed by atoms with Gasteiger partial charge in [0.05, 0.1) is 11.5 Å². The average Bonchev–Trinajstić information content (AvgIpc) is 2.31. The van der Waals surface area contributed by atoms with Gasteiger partial charge in [0.2, 0.25) is 10.0 Å². The molecule has 7 heteroatoms. The number of nitrogens with one attached hydrogen (secondary N) is 1. The molecule has 0 heterocycles. The van der Waals surface area contributed by atoms with Crippen LogP contribution in [0.15, 0.2) is 21.5 Å². The Morgan fingerprint density at radius 2 is 2.11 bits per heavy atom. The summed E-state index contributed by atoms with van der Waals surface area (Å²) in [4.78, 5) is 0.207. The molecule has 1 aromatic carbocycles. The smallest absolute Gasteiger partial charge is 0.241 e. The molecule has 108 valence electrons. The molecule has 0 spiro atoms. The monoisotopic (exact) mass is 367 g/mol. The molecule has 4 nitrogen and oxygen atoms in total. The van der Waals surface area contributed by atoms with E-state index in [-0.39, 0.29) is 17.5 Å². The van der Waals surface area contributed by atoms with E-state index < -0.39 is 10.0 Å². The highest BCUT2D eigenvalue weighted by molar-refractivity contribution is 9.10. The van der Waals surface area contributed by atoms with Gasteiger partial charge in [-0.25, -0.2) is 13.1 Å². The number of hydrogen-bond donors (Lipinski definition) is 2. The Hall–Kier alpha value is -0.0800. The van der Waals surface area contributed by atoms with Gasteiger partial charge in [0.25, 0.3) is 0 Å². The number of sulfonamides is 1. The zero-order valence-electron chi connectivity index (χ0n) is 11.1. The van der Waals surface area contributed by atoms with E-state index in [1.165, 1.54) is 6.07 Å². The molecular formula is C12H18BrNO3S2. The number of aliphatic hydroxyl groups excluding tert-OH is 1. The normalized spacial score (nSPS) is 13.5. The first-order chi connectivity index (χ1) is 8.81. The molecule has 0 aromatic heterocycles. The molecule has 0 saturated carbocycles. The summed E-state index contributed by atoms with van der Waals surface area (Å²) in [5.74, 6) is 0.707. The quantitative estimate of drug-likeness (QED) is 0.809. The molecule has 19 heavy (non-hydrogen) atoms. The summed E-state index contributed by atoms with van der Waals surface area (Å²) in [5, 5.41) is 9.17. The van der Waals surface area contributed by atoms with E-state index in [1.807, 2.05) is 13.2 Å². The number of thioether (sulfide) groups is 1. The highest BCUT2D eigenvalue weighted by Gasteiger charge is 2.21. The van der Waals surface area contributed by atoms with Crippen LogP contribution in [0.25, 0.3) is 0 Å². The highest BCUT2D eigenvalue weighted by Crippen LogP contribution is 2.26. The molecular weight excluding hydrogens is 350 g/mol. The van der Waals surface area contributed by atoms with E-state index in [4.69, 9.17) is 5.11 Å². The van der Waals surface area contributed by atoms with E-state index >= 15 is 0 Å². The Bertz CT molecular complexity index is 546. The van der Waals surface area contributed by atoms with Crippen LogP contribution in [0.2, 0.25) is 0 Å². The van der Waals surface area contributed by atoms with Gasteiger partial charge in [0.1, 0.15) is 0 Å². The second-order valence-electron chi connectivity index (χ2n) is 4.34. The second kappa shape index (κ2) is 7.08. The molecule has 0 aliphatic heterocycles. The van der Waals surface area contributed by atoms with Crippen LogP contribution < -0.4 is 4.72 Å². The Morgan fingerprint density at radius 1 is 1.47 bits per heavy atom. The number of hydrogen-bond acceptors (Lipinski definition) is 4. The molecule has 1 atom stereocenters. The molecule has 1 unspecified atom stereocenters. The lowest BCUT2D eigenvalue weighted by molar-refractivity contribution is 0.281. The van der Waals surface area contributed by atoms with Crippen LogP contribution in [0.1, 0.15) is 18.1 Å². The number of rotatable bonds is 6. The van der Waals surface area contributed by atoms with Crippen molar-refractivity contribution in [1.82, 2.24) is 4.72 Å². The van der Waals surface area contributed by atoms with E-state index in [1.54, 1.807) is 24.8 Å². The summed E-state index contributed by atoms with van der Waals surface area (Å²) >= 11 is 4.90. The van der Waals surface area contributed by atoms with E-state index in [2.05, 4.69) is 20.7 Å². The molecule has 0 saturated heterocycles. The van der Waals surface area contributed by atoms with Gasteiger partial charge in [0.15, 0.2) is 0 Å². The van der Waals surface area contributed by atoms with Crippen LogP contribution in [-0.2, 0) is 16.6 Å². The third-order valence-corrected chi connectivity index (χ3v) is 5.97. The van der Waals surface area contributed by atoms with Crippen LogP contribution in [0.3, 0.4) is 0 Å². The Balaban J connectivity index is 3.17. The van der Waals surface area contributed by atoms with Crippen molar-refractivity contribution in [3.63, 3.8) is 0 Å². The average molecular weight is 368 g/mol. The van der Waals surface area contributed by atoms with Crippen LogP contribution in [0.4, 0.5) is 0 Å². The summed E-state index contributed by atoms with van der Waals surface area (Å²) in [5.41, 5.74) is 1.21. The lowest BCUT2D eigenvalue weighted by atomic mass is 10.2. The molecule has 2 N–H and O–H groups in total. The minimum atomic E-state index is -3.57. The fraction of sp³-hybridized carbons (Fsp3) is 0.500. The highest BCUT2D eigenvalue weighted by atomic mass is 79.9. The summed E-state index contributed by atoms with van der Waals surface area (Å²) in [6.45, 7) is 3.37. The third kappa shape index (κ3) is 4.46. The lowest BCUT2D eigenvalue weighted by Gasteiger charge is -2.16. The molecule has 0 amide bonds. The molecule has 1 rings (SSSR count). The second-order valence-corrected chi connectivity index (χ2v) is 7.78. The van der Waals surface area contributed by atoms with Crippen LogP contribution in [0, 0.1) is 6.92 Å². The van der Waals surface area contributed by atoms with Gasteiger partial charge in [0, 0.05) is 16.3 Å². The molecule has 0 fully saturated rings. The SMILES string of the molecule is CSCC(C)NS(=O)(=O)c1cc(CO)cc(Br)c1C. The molecule has 0 bridgehead atoms. The Morgan fingerprint density at radius 3 is 2.63 bits per heavy atom. The van der Waals surface area contributed by atoms with Gasteiger partial charge in [-0.3, -0.25) is 0 Å². The predicted molar refractivity (Wildman–Crippen MR) is 83.0 cm³/mol. The summed E-state index contributed by atoms with van der Waals surface area (Å²) in [7, 11) is -3.57. The standard InChI is InChI=1S/C12H18BrNO3S2/c1-8(7-18-3)14-19(16,17)12-5-10(6-15)4-11(13)9(12)2/h4-5,8,14-15H,6-7H2,1-3H3. The zero-order valence-corrected chi connectivity index (χ0v) is 14.3. The van der Waals surface area contributed by atoms with Crippen molar-refractivity contribution >= 4 is 37.7 Å². The van der Waals surface area contributed by atoms with E-state index in [0.717, 1.165) is 0 Å². The van der Waals surface area contributed by atoms with Gasteiger partial charge in [-0.05, 0) is 43.4 Å². The van der Waals surface area contributed by atoms with Crippen LogP contribution >= 0.6 is 27.7 Å². The topological polar surface area (TPSA) is 66.4 Å². The maximum absolute atomic E-state index is 12.3. The summed E-state index contributed by atoms with van der Waals surface area (Å²) < 4.78 is 28.0. The summed E-state index contributed by atoms with van der Waals surface area (Å²) in [6.07, 6.45) is 1.93. The van der Waals surface area contributed by atoms with Crippen molar-refractivity contribution in [2.45, 2.75) is 31.4 Å². The number of aliphatic hydroxyl groups is 1. The zero-order chi connectivity index (χ0) is 14.6. The first kappa shape index (κ1) is 17.0. The Labute approximate surface area is 127 Å². The van der Waals surface area contributed by atoms with Crippen molar-refractivity contribution in [2.75, 3.05) is 12.0 Å². The lowest BCUT2D eigenvalue weighted by Crippen LogP contribution is -2.34. The molecule has 0 aliphatic rings. The van der Waals surface area contributed by atoms with Crippen LogP contribution in [-0.4, -0.2) is 31.6 Å². The van der Waals surface area contributed by atoms with Crippen molar-refractivity contribution in [3.05, 3.63) is 27.7 Å². The van der Waals surface area contributed by atoms with E-state index in [0.29, 0.717) is 21.4 Å². The number of halogens is 1. The maximum Gasteiger partial charge on any atom is 0.241 e. The first-order valence-corrected chi connectivity index (χ1v) is 9.40. The van der Waals surface area contributed by atoms with Gasteiger partial charge in [-0.2, -0.15) is 11.8 Å². The largest absolute Gasteiger partial charge is 0.392 e. The summed E-state index contributed by atoms with van der Waals surface area (Å²) in [6, 6.07) is 3.09. The van der Waals surface area contributed by atoms with Gasteiger partial charge in [-0.1, -0.05) is 15.9 Å². The van der Waals surface area contributed by atoms with E-state index in [9.17, 15) is 8.42 Å². The molecule has 0 aliphatic carbocycles. The van der Waals surface area contributed by atoms with Gasteiger partial charge in [-0.15, -0.1) is 0 Å². The molecule has 1 aromatic rings. The third-order valence-electron chi connectivity index (χ3n) is 2.60. The van der Waals surface area contributed by atoms with Gasteiger partial charge < -0.3 is 5.11 Å². The van der Waals surface area contributed by atoms with Crippen molar-refractivity contribution < 1.29 is 13.5 Å². The Kier molecular flexibility index (Phi) is 6.32. The predicted octanol–water partition coefficient (Wildman–Crippen LogP) is 2.28. The fourth-order valence-electron chi connectivity index (χ4n) is 1.69. The van der Waals surface area contributed by atoms with Crippen molar-refractivity contribution in [3.8, 4) is 0 Å². The minimum Gasteiger partial charge on any atom is -0.392 e. The minimum absolute atomic E-state index is 0.143. The first-order valence-electron chi connectivity index (χ1n) is 5.73.